The summed E-state index contributed by atoms with van der Waals surface area (Å²) in [5, 5.41) is 5.09. The summed E-state index contributed by atoms with van der Waals surface area (Å²) in [5.41, 5.74) is 0.587. The van der Waals surface area contributed by atoms with Crippen molar-refractivity contribution in [2.45, 2.75) is 0 Å². The van der Waals surface area contributed by atoms with Gasteiger partial charge in [0.1, 0.15) is 0 Å². The number of thiocarbonyl (C=S) groups is 1. The number of hydrogen-bond acceptors (Lipinski definition) is 3. The van der Waals surface area contributed by atoms with E-state index in [4.69, 9.17) is 12.2 Å². The highest BCUT2D eigenvalue weighted by Gasteiger charge is 2.11. The Morgan fingerprint density at radius 1 is 1.25 bits per heavy atom. The normalized spacial score (nSPS) is 9.90. The fourth-order valence-corrected chi connectivity index (χ4v) is 2.04. The molecule has 0 aliphatic carbocycles. The first-order chi connectivity index (χ1) is 9.58. The zero-order valence-corrected chi connectivity index (χ0v) is 12.5. The molecule has 0 radical (unpaired) electrons. The molecule has 0 aliphatic heterocycles. The number of hydrogen-bond donors (Lipinski definition) is 2. The van der Waals surface area contributed by atoms with E-state index in [1.807, 2.05) is 0 Å². The predicted octanol–water partition coefficient (Wildman–Crippen LogP) is 3.11. The second-order valence-electron chi connectivity index (χ2n) is 3.75. The number of anilines is 1. The van der Waals surface area contributed by atoms with Crippen LogP contribution in [0.2, 0.25) is 0 Å². The maximum Gasteiger partial charge on any atom is 0.257 e. The highest BCUT2D eigenvalue weighted by molar-refractivity contribution is 9.10. The van der Waals surface area contributed by atoms with Crippen LogP contribution in [0.4, 0.5) is 10.1 Å². The van der Waals surface area contributed by atoms with Gasteiger partial charge in [-0.2, -0.15) is 0 Å². The van der Waals surface area contributed by atoms with Gasteiger partial charge in [-0.05, 0) is 40.3 Å². The van der Waals surface area contributed by atoms with Crippen LogP contribution < -0.4 is 10.6 Å². The van der Waals surface area contributed by atoms with Gasteiger partial charge in [-0.1, -0.05) is 18.2 Å². The van der Waals surface area contributed by atoms with E-state index >= 15 is 0 Å². The minimum absolute atomic E-state index is 0.00431. The van der Waals surface area contributed by atoms with Crippen molar-refractivity contribution in [1.82, 2.24) is 10.3 Å². The summed E-state index contributed by atoms with van der Waals surface area (Å²) in [6.07, 6.45) is 2.47. The lowest BCUT2D eigenvalue weighted by Crippen LogP contribution is -2.34. The van der Waals surface area contributed by atoms with Gasteiger partial charge >= 0.3 is 0 Å². The Balaban J connectivity index is 2.05. The number of nitrogens with one attached hydrogen (secondary N) is 2. The fraction of sp³-hybridized carbons (Fsp3) is 0. The first-order valence-electron chi connectivity index (χ1n) is 5.54. The molecule has 0 saturated heterocycles. The van der Waals surface area contributed by atoms with E-state index < -0.39 is 5.82 Å². The number of aromatic nitrogens is 1. The Kier molecular flexibility index (Phi) is 4.75. The summed E-state index contributed by atoms with van der Waals surface area (Å²) < 4.78 is 14.0. The number of carbonyl (C=O) groups is 1. The molecule has 7 heteroatoms. The third-order valence-electron chi connectivity index (χ3n) is 2.35. The Labute approximate surface area is 128 Å². The van der Waals surface area contributed by atoms with Crippen molar-refractivity contribution >= 4 is 44.9 Å². The van der Waals surface area contributed by atoms with Gasteiger partial charge in [0.05, 0.1) is 16.4 Å². The first kappa shape index (κ1) is 14.5. The lowest BCUT2D eigenvalue weighted by molar-refractivity contribution is 0.0977. The van der Waals surface area contributed by atoms with E-state index in [2.05, 4.69) is 31.5 Å². The number of amides is 1. The maximum absolute atomic E-state index is 13.5. The number of halogens is 2. The van der Waals surface area contributed by atoms with Crippen molar-refractivity contribution < 1.29 is 9.18 Å². The largest absolute Gasteiger partial charge is 0.329 e. The molecule has 0 saturated carbocycles. The van der Waals surface area contributed by atoms with Crippen LogP contribution in [-0.4, -0.2) is 16.0 Å². The van der Waals surface area contributed by atoms with Crippen LogP contribution in [0.25, 0.3) is 0 Å². The molecule has 0 fully saturated rings. The molecule has 0 aliphatic rings. The van der Waals surface area contributed by atoms with Crippen LogP contribution in [0.5, 0.6) is 0 Å². The molecule has 1 aromatic heterocycles. The smallest absolute Gasteiger partial charge is 0.257 e. The number of nitrogens with zero attached hydrogens (tertiary/aromatic N) is 1. The van der Waals surface area contributed by atoms with Gasteiger partial charge in [0.2, 0.25) is 0 Å². The number of benzene rings is 1. The molecule has 0 atom stereocenters. The zero-order chi connectivity index (χ0) is 14.5. The molecular weight excluding hydrogens is 345 g/mol. The van der Waals surface area contributed by atoms with Crippen LogP contribution >= 0.6 is 28.1 Å². The van der Waals surface area contributed by atoms with Crippen molar-refractivity contribution in [3.05, 3.63) is 58.6 Å². The average molecular weight is 354 g/mol. The van der Waals surface area contributed by atoms with Gasteiger partial charge in [-0.15, -0.1) is 0 Å². The van der Waals surface area contributed by atoms with Crippen LogP contribution in [-0.2, 0) is 0 Å². The van der Waals surface area contributed by atoms with E-state index in [1.165, 1.54) is 6.20 Å². The molecule has 2 rings (SSSR count). The molecule has 0 spiro atoms. The molecule has 4 nitrogen and oxygen atoms in total. The van der Waals surface area contributed by atoms with Gasteiger partial charge in [-0.25, -0.2) is 4.39 Å². The predicted molar refractivity (Wildman–Crippen MR) is 82.0 cm³/mol. The summed E-state index contributed by atoms with van der Waals surface area (Å²) >= 11 is 8.13. The van der Waals surface area contributed by atoms with Crippen molar-refractivity contribution in [3.8, 4) is 0 Å². The molecule has 1 heterocycles. The van der Waals surface area contributed by atoms with Gasteiger partial charge in [0.15, 0.2) is 10.9 Å². The van der Waals surface area contributed by atoms with Crippen molar-refractivity contribution in [1.29, 1.82) is 0 Å². The molecular formula is C13H9BrFN3OS. The summed E-state index contributed by atoms with van der Waals surface area (Å²) in [6.45, 7) is 0. The van der Waals surface area contributed by atoms with Crippen molar-refractivity contribution in [3.63, 3.8) is 0 Å². The minimum Gasteiger partial charge on any atom is -0.329 e. The third kappa shape index (κ3) is 3.58. The number of carbonyl (C=O) groups excluding carboxylic acids is 1. The second kappa shape index (κ2) is 6.53. The van der Waals surface area contributed by atoms with Crippen LogP contribution in [0.1, 0.15) is 10.4 Å². The molecule has 0 bridgehead atoms. The summed E-state index contributed by atoms with van der Waals surface area (Å²) in [4.78, 5) is 15.5. The van der Waals surface area contributed by atoms with Crippen LogP contribution in [0, 0.1) is 5.82 Å². The van der Waals surface area contributed by atoms with Crippen LogP contribution in [0.3, 0.4) is 0 Å². The fourth-order valence-electron chi connectivity index (χ4n) is 1.44. The molecule has 1 aromatic carbocycles. The highest BCUT2D eigenvalue weighted by atomic mass is 79.9. The third-order valence-corrected chi connectivity index (χ3v) is 3.16. The standard InChI is InChI=1S/C13H9BrFN3OS/c14-9-6-16-7-10(15)11(9)17-13(20)18-12(19)8-4-2-1-3-5-8/h1-7H,(H2,16,17,18,19,20). The summed E-state index contributed by atoms with van der Waals surface area (Å²) in [5.74, 6) is -0.940. The monoisotopic (exact) mass is 353 g/mol. The summed E-state index contributed by atoms with van der Waals surface area (Å²) in [7, 11) is 0. The Morgan fingerprint density at radius 3 is 2.60 bits per heavy atom. The average Bonchev–Trinajstić information content (AvgIpc) is 2.44. The SMILES string of the molecule is O=C(NC(=S)Nc1c(F)cncc1Br)c1ccccc1. The molecule has 20 heavy (non-hydrogen) atoms. The van der Waals surface area contributed by atoms with Gasteiger partial charge < -0.3 is 5.32 Å². The Morgan fingerprint density at radius 2 is 1.95 bits per heavy atom. The second-order valence-corrected chi connectivity index (χ2v) is 5.02. The van der Waals surface area contributed by atoms with Crippen LogP contribution in [0.15, 0.2) is 47.2 Å². The van der Waals surface area contributed by atoms with E-state index in [0.29, 0.717) is 10.0 Å². The van der Waals surface area contributed by atoms with E-state index in [1.54, 1.807) is 30.3 Å². The lowest BCUT2D eigenvalue weighted by atomic mass is 10.2. The molecule has 1 amide bonds. The quantitative estimate of drug-likeness (QED) is 0.814. The van der Waals surface area contributed by atoms with E-state index in [9.17, 15) is 9.18 Å². The van der Waals surface area contributed by atoms with Gasteiger partial charge in [-0.3, -0.25) is 15.1 Å². The molecule has 2 N–H and O–H groups in total. The Bertz CT molecular complexity index is 631. The summed E-state index contributed by atoms with van der Waals surface area (Å²) in [6, 6.07) is 8.59. The number of pyridine rings is 1. The molecule has 0 unspecified atom stereocenters. The van der Waals surface area contributed by atoms with E-state index in [0.717, 1.165) is 6.20 Å². The van der Waals surface area contributed by atoms with Gasteiger partial charge in [0.25, 0.3) is 5.91 Å². The van der Waals surface area contributed by atoms with Gasteiger partial charge in [0, 0.05) is 11.8 Å². The highest BCUT2D eigenvalue weighted by Crippen LogP contribution is 2.23. The Hall–Kier alpha value is -1.86. The van der Waals surface area contributed by atoms with Crippen molar-refractivity contribution in [2.75, 3.05) is 5.32 Å². The minimum atomic E-state index is -0.573. The lowest BCUT2D eigenvalue weighted by Gasteiger charge is -2.11. The van der Waals surface area contributed by atoms with E-state index in [-0.39, 0.29) is 16.7 Å². The zero-order valence-electron chi connectivity index (χ0n) is 10.1. The molecule has 102 valence electrons. The number of rotatable bonds is 2. The topological polar surface area (TPSA) is 54.0 Å². The molecule has 2 aromatic rings. The maximum atomic E-state index is 13.5. The first-order valence-corrected chi connectivity index (χ1v) is 6.74. The van der Waals surface area contributed by atoms with Crippen molar-refractivity contribution in [2.24, 2.45) is 0 Å².